The number of fused-ring (bicyclic) bond motifs is 2. The van der Waals surface area contributed by atoms with Crippen LogP contribution in [0.15, 0.2) is 45.9 Å². The van der Waals surface area contributed by atoms with E-state index in [2.05, 4.69) is 4.72 Å². The van der Waals surface area contributed by atoms with Crippen LogP contribution in [0.5, 0.6) is 5.75 Å². The quantitative estimate of drug-likeness (QED) is 0.583. The fraction of sp³-hybridized carbons (Fsp3) is 0.348. The minimum absolute atomic E-state index is 0.233. The maximum Gasteiger partial charge on any atom is 0.410 e. The summed E-state index contributed by atoms with van der Waals surface area (Å²) in [5.41, 5.74) is 0.968. The maximum atomic E-state index is 13.6. The van der Waals surface area contributed by atoms with Gasteiger partial charge in [0.2, 0.25) is 5.09 Å². The maximum absolute atomic E-state index is 13.6. The largest absolute Gasteiger partial charge is 0.491 e. The molecule has 33 heavy (non-hydrogen) atoms. The van der Waals surface area contributed by atoms with Gasteiger partial charge in [0.25, 0.3) is 10.0 Å². The lowest BCUT2D eigenvalue weighted by Gasteiger charge is -2.26. The van der Waals surface area contributed by atoms with E-state index in [1.54, 1.807) is 45.9 Å². The van der Waals surface area contributed by atoms with Crippen molar-refractivity contribution in [1.29, 1.82) is 0 Å². The van der Waals surface area contributed by atoms with Crippen LogP contribution in [0.4, 0.5) is 14.9 Å². The molecular formula is C23H25FN2O6S. The molecule has 0 unspecified atom stereocenters. The molecule has 2 heterocycles. The minimum atomic E-state index is -4.08. The van der Waals surface area contributed by atoms with Gasteiger partial charge < -0.3 is 18.8 Å². The van der Waals surface area contributed by atoms with Crippen LogP contribution in [0.3, 0.4) is 0 Å². The third-order valence-electron chi connectivity index (χ3n) is 5.05. The highest BCUT2D eigenvalue weighted by Gasteiger charge is 2.27. The number of anilines is 1. The summed E-state index contributed by atoms with van der Waals surface area (Å²) in [6.07, 6.45) is -0.444. The Bertz CT molecular complexity index is 1330. The Morgan fingerprint density at radius 2 is 1.94 bits per heavy atom. The molecule has 1 amide bonds. The molecule has 8 nitrogen and oxygen atoms in total. The van der Waals surface area contributed by atoms with E-state index in [4.69, 9.17) is 13.9 Å². The molecule has 0 aliphatic carbocycles. The van der Waals surface area contributed by atoms with Crippen LogP contribution >= 0.6 is 0 Å². The van der Waals surface area contributed by atoms with Crippen LogP contribution in [0.2, 0.25) is 0 Å². The molecule has 10 heteroatoms. The van der Waals surface area contributed by atoms with E-state index in [1.165, 1.54) is 23.1 Å². The molecule has 3 aromatic rings. The number of nitrogens with one attached hydrogen (secondary N) is 1. The second-order valence-electron chi connectivity index (χ2n) is 8.83. The predicted octanol–water partition coefficient (Wildman–Crippen LogP) is 4.81. The van der Waals surface area contributed by atoms with Gasteiger partial charge in [-0.1, -0.05) is 6.07 Å². The Labute approximate surface area is 191 Å². The number of hydrogen-bond donors (Lipinski definition) is 1. The molecule has 0 bridgehead atoms. The zero-order chi connectivity index (χ0) is 24.0. The summed E-state index contributed by atoms with van der Waals surface area (Å²) in [6.45, 7) is 7.79. The first-order valence-electron chi connectivity index (χ1n) is 10.4. The van der Waals surface area contributed by atoms with Gasteiger partial charge in [0.1, 0.15) is 29.4 Å². The Hall–Kier alpha value is -3.27. The first-order valence-corrected chi connectivity index (χ1v) is 11.9. The van der Waals surface area contributed by atoms with Gasteiger partial charge in [-0.25, -0.2) is 9.18 Å². The highest BCUT2D eigenvalue weighted by atomic mass is 32.2. The molecule has 2 aromatic carbocycles. The Morgan fingerprint density at radius 1 is 1.18 bits per heavy atom. The van der Waals surface area contributed by atoms with Gasteiger partial charge >= 0.3 is 6.09 Å². The highest BCUT2D eigenvalue weighted by molar-refractivity contribution is 7.92. The number of sulfonamides is 1. The van der Waals surface area contributed by atoms with Gasteiger partial charge in [-0.15, -0.1) is 0 Å². The van der Waals surface area contributed by atoms with Crippen molar-refractivity contribution in [3.05, 3.63) is 53.3 Å². The van der Waals surface area contributed by atoms with Gasteiger partial charge in [0, 0.05) is 22.6 Å². The third kappa shape index (κ3) is 4.90. The minimum Gasteiger partial charge on any atom is -0.491 e. The standard InChI is InChI=1S/C23H25FN2O6S/c1-14-18-11-16(24)6-8-19(18)31-21(14)33(28,29)25-17-7-5-15-13-26(9-10-30-20(15)12-17)22(27)32-23(2,3)4/h5-8,11-12,25H,9-10,13H2,1-4H3. The van der Waals surface area contributed by atoms with Crippen molar-refractivity contribution in [3.63, 3.8) is 0 Å². The summed E-state index contributed by atoms with van der Waals surface area (Å²) < 4.78 is 58.7. The summed E-state index contributed by atoms with van der Waals surface area (Å²) in [4.78, 5) is 14.0. The van der Waals surface area contributed by atoms with Gasteiger partial charge in [-0.05, 0) is 52.0 Å². The van der Waals surface area contributed by atoms with Crippen molar-refractivity contribution in [1.82, 2.24) is 4.90 Å². The van der Waals surface area contributed by atoms with Crippen LogP contribution in [0.1, 0.15) is 31.9 Å². The zero-order valence-electron chi connectivity index (χ0n) is 18.8. The molecule has 1 N–H and O–H groups in total. The number of aryl methyl sites for hydroxylation is 1. The first kappa shape index (κ1) is 22.9. The molecule has 0 saturated carbocycles. The summed E-state index contributed by atoms with van der Waals surface area (Å²) in [5.74, 6) is -0.0173. The van der Waals surface area contributed by atoms with Crippen LogP contribution in [-0.4, -0.2) is 38.2 Å². The van der Waals surface area contributed by atoms with Crippen LogP contribution in [0, 0.1) is 12.7 Å². The van der Waals surface area contributed by atoms with E-state index >= 15 is 0 Å². The molecule has 1 aromatic heterocycles. The molecular weight excluding hydrogens is 451 g/mol. The van der Waals surface area contributed by atoms with E-state index in [0.717, 1.165) is 5.56 Å². The fourth-order valence-corrected chi connectivity index (χ4v) is 4.79. The number of amides is 1. The van der Waals surface area contributed by atoms with E-state index < -0.39 is 27.5 Å². The summed E-state index contributed by atoms with van der Waals surface area (Å²) in [7, 11) is -4.08. The van der Waals surface area contributed by atoms with Gasteiger partial charge in [0.15, 0.2) is 0 Å². The number of benzene rings is 2. The second-order valence-corrected chi connectivity index (χ2v) is 10.4. The van der Waals surface area contributed by atoms with Gasteiger partial charge in [-0.3, -0.25) is 4.72 Å². The summed E-state index contributed by atoms with van der Waals surface area (Å²) >= 11 is 0. The molecule has 0 saturated heterocycles. The van der Waals surface area contributed by atoms with Crippen molar-refractivity contribution in [2.75, 3.05) is 17.9 Å². The topological polar surface area (TPSA) is 98.1 Å². The molecule has 0 spiro atoms. The van der Waals surface area contributed by atoms with Gasteiger partial charge in [0.05, 0.1) is 18.8 Å². The highest BCUT2D eigenvalue weighted by Crippen LogP contribution is 2.32. The number of carbonyl (C=O) groups is 1. The average Bonchev–Trinajstić information content (AvgIpc) is 2.90. The molecule has 0 atom stereocenters. The van der Waals surface area contributed by atoms with Crippen LogP contribution in [0.25, 0.3) is 11.0 Å². The predicted molar refractivity (Wildman–Crippen MR) is 120 cm³/mol. The van der Waals surface area contributed by atoms with Crippen molar-refractivity contribution >= 4 is 32.8 Å². The Kier molecular flexibility index (Phi) is 5.73. The van der Waals surface area contributed by atoms with E-state index in [0.29, 0.717) is 23.2 Å². The lowest BCUT2D eigenvalue weighted by molar-refractivity contribution is 0.0225. The van der Waals surface area contributed by atoms with Crippen molar-refractivity contribution < 1.29 is 31.5 Å². The van der Waals surface area contributed by atoms with Crippen LogP contribution in [-0.2, 0) is 21.3 Å². The fourth-order valence-electron chi connectivity index (χ4n) is 3.54. The molecule has 0 radical (unpaired) electrons. The molecule has 4 rings (SSSR count). The van der Waals surface area contributed by atoms with Crippen molar-refractivity contribution in [3.8, 4) is 5.75 Å². The Morgan fingerprint density at radius 3 is 2.67 bits per heavy atom. The number of halogens is 1. The van der Waals surface area contributed by atoms with Crippen LogP contribution < -0.4 is 9.46 Å². The number of carbonyl (C=O) groups excluding carboxylic acids is 1. The van der Waals surface area contributed by atoms with Crippen molar-refractivity contribution in [2.24, 2.45) is 0 Å². The lowest BCUT2D eigenvalue weighted by Crippen LogP contribution is -2.37. The van der Waals surface area contributed by atoms with Gasteiger partial charge in [-0.2, -0.15) is 8.42 Å². The molecule has 0 fully saturated rings. The molecule has 1 aliphatic heterocycles. The smallest absolute Gasteiger partial charge is 0.410 e. The number of ether oxygens (including phenoxy) is 2. The number of rotatable bonds is 3. The van der Waals surface area contributed by atoms with E-state index in [1.807, 2.05) is 0 Å². The summed E-state index contributed by atoms with van der Waals surface area (Å²) in [6, 6.07) is 8.67. The second kappa shape index (κ2) is 8.26. The normalized spacial score (nSPS) is 14.4. The Balaban J connectivity index is 1.57. The van der Waals surface area contributed by atoms with E-state index in [-0.39, 0.29) is 29.5 Å². The SMILES string of the molecule is Cc1c(S(=O)(=O)Nc2ccc3c(c2)OCCN(C(=O)OC(C)(C)C)C3)oc2ccc(F)cc12. The van der Waals surface area contributed by atoms with E-state index in [9.17, 15) is 17.6 Å². The third-order valence-corrected chi connectivity index (χ3v) is 6.43. The summed E-state index contributed by atoms with van der Waals surface area (Å²) in [5, 5.41) is 0.109. The molecule has 176 valence electrons. The number of nitrogens with zero attached hydrogens (tertiary/aromatic N) is 1. The number of hydrogen-bond acceptors (Lipinski definition) is 6. The average molecular weight is 477 g/mol. The zero-order valence-corrected chi connectivity index (χ0v) is 19.6. The van der Waals surface area contributed by atoms with Crippen molar-refractivity contribution in [2.45, 2.75) is 44.9 Å². The lowest BCUT2D eigenvalue weighted by atomic mass is 10.1. The first-order chi connectivity index (χ1) is 15.4. The molecule has 1 aliphatic rings. The monoisotopic (exact) mass is 476 g/mol. The number of furan rings is 1.